The van der Waals surface area contributed by atoms with E-state index in [4.69, 9.17) is 5.73 Å². The van der Waals surface area contributed by atoms with Crippen molar-refractivity contribution in [2.24, 2.45) is 0 Å². The minimum atomic E-state index is 0.492. The maximum atomic E-state index is 5.61. The maximum Gasteiger partial charge on any atom is 0.170 e. The predicted octanol–water partition coefficient (Wildman–Crippen LogP) is 2.22. The van der Waals surface area contributed by atoms with Crippen LogP contribution in [0.4, 0.5) is 5.82 Å². The number of nitrogens with two attached hydrogens (primary N) is 1. The highest BCUT2D eigenvalue weighted by molar-refractivity contribution is 5.58. The summed E-state index contributed by atoms with van der Waals surface area (Å²) in [5.74, 6) is 2.08. The third-order valence-corrected chi connectivity index (χ3v) is 2.88. The van der Waals surface area contributed by atoms with Crippen molar-refractivity contribution in [3.05, 3.63) is 54.5 Å². The summed E-state index contributed by atoms with van der Waals surface area (Å²) in [5.41, 5.74) is 7.52. The molecule has 0 spiro atoms. The van der Waals surface area contributed by atoms with Crippen molar-refractivity contribution in [3.8, 4) is 17.1 Å². The summed E-state index contributed by atoms with van der Waals surface area (Å²) in [6.45, 7) is 1.92. The first-order valence-corrected chi connectivity index (χ1v) is 5.95. The van der Waals surface area contributed by atoms with Gasteiger partial charge in [0.05, 0.1) is 0 Å². The number of anilines is 1. The molecule has 2 aromatic heterocycles. The van der Waals surface area contributed by atoms with Gasteiger partial charge in [0.25, 0.3) is 0 Å². The molecule has 5 nitrogen and oxygen atoms in total. The molecule has 0 radical (unpaired) electrons. The molecular formula is C14H13N5. The Labute approximate surface area is 110 Å². The molecule has 0 saturated heterocycles. The normalized spacial score (nSPS) is 10.6. The van der Waals surface area contributed by atoms with Crippen LogP contribution in [-0.2, 0) is 0 Å². The van der Waals surface area contributed by atoms with Crippen molar-refractivity contribution in [2.75, 3.05) is 5.73 Å². The Balaban J connectivity index is 2.16. The van der Waals surface area contributed by atoms with Crippen LogP contribution in [0.1, 0.15) is 5.82 Å². The van der Waals surface area contributed by atoms with E-state index in [1.807, 2.05) is 47.9 Å². The molecule has 0 aliphatic carbocycles. The Bertz CT molecular complexity index is 686. The Morgan fingerprint density at radius 1 is 1.00 bits per heavy atom. The van der Waals surface area contributed by atoms with Crippen molar-refractivity contribution in [3.63, 3.8) is 0 Å². The second-order valence-electron chi connectivity index (χ2n) is 4.21. The zero-order valence-electron chi connectivity index (χ0n) is 10.5. The molecule has 0 fully saturated rings. The van der Waals surface area contributed by atoms with Crippen LogP contribution < -0.4 is 5.73 Å². The molecule has 3 aromatic rings. The summed E-state index contributed by atoms with van der Waals surface area (Å²) >= 11 is 0. The van der Waals surface area contributed by atoms with Gasteiger partial charge in [-0.3, -0.25) is 4.57 Å². The van der Waals surface area contributed by atoms with Gasteiger partial charge in [-0.2, -0.15) is 0 Å². The summed E-state index contributed by atoms with van der Waals surface area (Å²) in [5, 5.41) is 8.37. The number of hydrogen-bond donors (Lipinski definition) is 1. The van der Waals surface area contributed by atoms with Gasteiger partial charge in [-0.05, 0) is 31.2 Å². The molecule has 3 rings (SSSR count). The second kappa shape index (κ2) is 4.53. The van der Waals surface area contributed by atoms with Gasteiger partial charge in [0, 0.05) is 17.4 Å². The van der Waals surface area contributed by atoms with Gasteiger partial charge < -0.3 is 5.73 Å². The van der Waals surface area contributed by atoms with Crippen LogP contribution in [0.3, 0.4) is 0 Å². The van der Waals surface area contributed by atoms with E-state index in [9.17, 15) is 0 Å². The first-order valence-electron chi connectivity index (χ1n) is 5.95. The van der Waals surface area contributed by atoms with E-state index >= 15 is 0 Å². The Morgan fingerprint density at radius 3 is 2.47 bits per heavy atom. The zero-order valence-corrected chi connectivity index (χ0v) is 10.5. The highest BCUT2D eigenvalue weighted by Gasteiger charge is 2.12. The number of hydrogen-bond acceptors (Lipinski definition) is 4. The van der Waals surface area contributed by atoms with Crippen molar-refractivity contribution < 1.29 is 0 Å². The number of pyridine rings is 1. The number of benzene rings is 1. The fourth-order valence-corrected chi connectivity index (χ4v) is 1.97. The van der Waals surface area contributed by atoms with Crippen molar-refractivity contribution >= 4 is 5.82 Å². The Kier molecular flexibility index (Phi) is 2.72. The average molecular weight is 251 g/mol. The van der Waals surface area contributed by atoms with Gasteiger partial charge in [-0.15, -0.1) is 10.2 Å². The minimum absolute atomic E-state index is 0.492. The van der Waals surface area contributed by atoms with Crippen LogP contribution in [0.25, 0.3) is 17.1 Å². The topological polar surface area (TPSA) is 69.6 Å². The highest BCUT2D eigenvalue weighted by atomic mass is 15.3. The number of nitrogens with zero attached hydrogens (tertiary/aromatic N) is 4. The van der Waals surface area contributed by atoms with Crippen LogP contribution in [0.15, 0.2) is 48.7 Å². The van der Waals surface area contributed by atoms with Crippen LogP contribution in [0.2, 0.25) is 0 Å². The lowest BCUT2D eigenvalue weighted by molar-refractivity contribution is 0.971. The summed E-state index contributed by atoms with van der Waals surface area (Å²) in [6, 6.07) is 13.6. The van der Waals surface area contributed by atoms with E-state index in [0.717, 1.165) is 22.9 Å². The van der Waals surface area contributed by atoms with E-state index in [0.29, 0.717) is 5.82 Å². The molecule has 0 amide bonds. The molecular weight excluding hydrogens is 238 g/mol. The Morgan fingerprint density at radius 2 is 1.79 bits per heavy atom. The van der Waals surface area contributed by atoms with Gasteiger partial charge in [0.15, 0.2) is 5.82 Å². The lowest BCUT2D eigenvalue weighted by Crippen LogP contribution is -2.00. The molecule has 0 aliphatic heterocycles. The van der Waals surface area contributed by atoms with E-state index < -0.39 is 0 Å². The molecule has 1 aromatic carbocycles. The molecule has 0 atom stereocenters. The van der Waals surface area contributed by atoms with Gasteiger partial charge in [0.1, 0.15) is 11.6 Å². The lowest BCUT2D eigenvalue weighted by atomic mass is 10.2. The zero-order chi connectivity index (χ0) is 13.2. The predicted molar refractivity (Wildman–Crippen MR) is 73.7 cm³/mol. The molecule has 0 bridgehead atoms. The summed E-state index contributed by atoms with van der Waals surface area (Å²) in [6.07, 6.45) is 1.71. The van der Waals surface area contributed by atoms with Crippen molar-refractivity contribution in [2.45, 2.75) is 6.92 Å². The van der Waals surface area contributed by atoms with Gasteiger partial charge in [-0.25, -0.2) is 4.98 Å². The van der Waals surface area contributed by atoms with E-state index in [2.05, 4.69) is 15.2 Å². The maximum absolute atomic E-state index is 5.61. The third-order valence-electron chi connectivity index (χ3n) is 2.88. The number of aromatic nitrogens is 4. The molecule has 2 heterocycles. The number of para-hydroxylation sites is 1. The number of rotatable bonds is 2. The lowest BCUT2D eigenvalue weighted by Gasteiger charge is -2.08. The average Bonchev–Trinajstić information content (AvgIpc) is 2.82. The SMILES string of the molecule is Cc1nnc(-c2ccc(N)nc2)n1-c1ccccc1. The largest absolute Gasteiger partial charge is 0.384 e. The smallest absolute Gasteiger partial charge is 0.170 e. The van der Waals surface area contributed by atoms with Gasteiger partial charge >= 0.3 is 0 Å². The monoisotopic (exact) mass is 251 g/mol. The summed E-state index contributed by atoms with van der Waals surface area (Å²) in [4.78, 5) is 4.10. The van der Waals surface area contributed by atoms with Gasteiger partial charge in [-0.1, -0.05) is 18.2 Å². The van der Waals surface area contributed by atoms with Crippen LogP contribution in [0, 0.1) is 6.92 Å². The van der Waals surface area contributed by atoms with Crippen molar-refractivity contribution in [1.29, 1.82) is 0 Å². The second-order valence-corrected chi connectivity index (χ2v) is 4.21. The molecule has 0 saturated carbocycles. The molecule has 19 heavy (non-hydrogen) atoms. The molecule has 5 heteroatoms. The van der Waals surface area contributed by atoms with E-state index in [-0.39, 0.29) is 0 Å². The van der Waals surface area contributed by atoms with Crippen molar-refractivity contribution in [1.82, 2.24) is 19.7 Å². The van der Waals surface area contributed by atoms with Crippen LogP contribution in [0.5, 0.6) is 0 Å². The molecule has 0 unspecified atom stereocenters. The van der Waals surface area contributed by atoms with Crippen LogP contribution in [-0.4, -0.2) is 19.7 Å². The van der Waals surface area contributed by atoms with E-state index in [1.54, 1.807) is 12.3 Å². The first kappa shape index (κ1) is 11.4. The summed E-state index contributed by atoms with van der Waals surface area (Å²) in [7, 11) is 0. The minimum Gasteiger partial charge on any atom is -0.384 e. The molecule has 2 N–H and O–H groups in total. The first-order chi connectivity index (χ1) is 9.25. The highest BCUT2D eigenvalue weighted by Crippen LogP contribution is 2.22. The number of aryl methyl sites for hydroxylation is 1. The fraction of sp³-hybridized carbons (Fsp3) is 0.0714. The Hall–Kier alpha value is -2.69. The third kappa shape index (κ3) is 2.06. The van der Waals surface area contributed by atoms with E-state index in [1.165, 1.54) is 0 Å². The number of nitrogen functional groups attached to an aromatic ring is 1. The van der Waals surface area contributed by atoms with Crippen LogP contribution >= 0.6 is 0 Å². The quantitative estimate of drug-likeness (QED) is 0.758. The molecule has 94 valence electrons. The summed E-state index contributed by atoms with van der Waals surface area (Å²) < 4.78 is 1.99. The standard InChI is InChI=1S/C14H13N5/c1-10-17-18-14(11-7-8-13(15)16-9-11)19(10)12-5-3-2-4-6-12/h2-9H,1H3,(H2,15,16). The van der Waals surface area contributed by atoms with Gasteiger partial charge in [0.2, 0.25) is 0 Å². The fourth-order valence-electron chi connectivity index (χ4n) is 1.97. The molecule has 0 aliphatic rings.